The first-order valence-corrected chi connectivity index (χ1v) is 10.1. The van der Waals surface area contributed by atoms with Crippen molar-refractivity contribution in [3.05, 3.63) is 60.0 Å². The lowest BCUT2D eigenvalue weighted by Gasteiger charge is -2.22. The number of nitrogens with zero attached hydrogens (tertiary/aromatic N) is 4. The Bertz CT molecular complexity index is 1060. The highest BCUT2D eigenvalue weighted by atomic mass is 16.2. The number of carbonyl (C=O) groups is 2. The molecule has 0 radical (unpaired) electrons. The number of aryl methyl sites for hydroxylation is 2. The van der Waals surface area contributed by atoms with Crippen molar-refractivity contribution in [2.75, 3.05) is 13.1 Å². The summed E-state index contributed by atoms with van der Waals surface area (Å²) in [7, 11) is 0. The monoisotopic (exact) mass is 389 g/mol. The number of aromatic nitrogens is 3. The Balaban J connectivity index is 1.34. The molecule has 2 amide bonds. The minimum atomic E-state index is -0.105. The van der Waals surface area contributed by atoms with Crippen molar-refractivity contribution < 1.29 is 9.59 Å². The van der Waals surface area contributed by atoms with Gasteiger partial charge >= 0.3 is 0 Å². The standard InChI is InChI=1S/C22H23N5O2/c28-21-16-6-7-18(25-21)13-27(12-16)22(29)17-10-19-20(23-11-17)26(14-24-19)9-8-15-4-2-1-3-5-15/h1-5,10-11,14,16,18H,6-9,12-13H2,(H,25,28)/t16-,18+/m1/s1. The van der Waals surface area contributed by atoms with Crippen LogP contribution in [0.1, 0.15) is 28.8 Å². The zero-order valence-electron chi connectivity index (χ0n) is 16.1. The third-order valence-corrected chi connectivity index (χ3v) is 5.94. The summed E-state index contributed by atoms with van der Waals surface area (Å²) in [5, 5.41) is 3.01. The van der Waals surface area contributed by atoms with Crippen LogP contribution in [0, 0.1) is 5.92 Å². The fraction of sp³-hybridized carbons (Fsp3) is 0.364. The lowest BCUT2D eigenvalue weighted by molar-refractivity contribution is -0.126. The molecule has 3 saturated heterocycles. The van der Waals surface area contributed by atoms with Crippen LogP contribution < -0.4 is 5.32 Å². The fourth-order valence-electron chi connectivity index (χ4n) is 4.31. The third kappa shape index (κ3) is 3.48. The van der Waals surface area contributed by atoms with E-state index >= 15 is 0 Å². The molecule has 2 bridgehead atoms. The van der Waals surface area contributed by atoms with E-state index in [4.69, 9.17) is 0 Å². The lowest BCUT2D eigenvalue weighted by Crippen LogP contribution is -2.43. The zero-order valence-corrected chi connectivity index (χ0v) is 16.1. The Morgan fingerprint density at radius 3 is 2.83 bits per heavy atom. The molecule has 6 rings (SSSR count). The summed E-state index contributed by atoms with van der Waals surface area (Å²) < 4.78 is 2.02. The van der Waals surface area contributed by atoms with E-state index in [-0.39, 0.29) is 23.8 Å². The Labute approximate surface area is 168 Å². The topological polar surface area (TPSA) is 80.1 Å². The molecule has 29 heavy (non-hydrogen) atoms. The number of benzene rings is 1. The highest BCUT2D eigenvalue weighted by molar-refractivity contribution is 5.97. The zero-order chi connectivity index (χ0) is 19.8. The van der Waals surface area contributed by atoms with E-state index in [0.29, 0.717) is 18.7 Å². The summed E-state index contributed by atoms with van der Waals surface area (Å²) in [6.45, 7) is 1.82. The van der Waals surface area contributed by atoms with Crippen molar-refractivity contribution in [3.63, 3.8) is 0 Å². The van der Waals surface area contributed by atoms with Crippen LogP contribution in [-0.2, 0) is 17.8 Å². The number of rotatable bonds is 4. The van der Waals surface area contributed by atoms with Crippen LogP contribution >= 0.6 is 0 Å². The van der Waals surface area contributed by atoms with E-state index in [0.717, 1.165) is 37.0 Å². The van der Waals surface area contributed by atoms with Crippen LogP contribution in [0.3, 0.4) is 0 Å². The van der Waals surface area contributed by atoms with Crippen LogP contribution in [0.2, 0.25) is 0 Å². The molecule has 5 heterocycles. The van der Waals surface area contributed by atoms with Crippen LogP contribution in [-0.4, -0.2) is 50.4 Å². The van der Waals surface area contributed by atoms with Gasteiger partial charge in [-0.1, -0.05) is 30.3 Å². The molecule has 148 valence electrons. The Kier molecular flexibility index (Phi) is 4.50. The van der Waals surface area contributed by atoms with Crippen molar-refractivity contribution in [1.82, 2.24) is 24.8 Å². The first-order chi connectivity index (χ1) is 14.2. The van der Waals surface area contributed by atoms with Crippen molar-refractivity contribution >= 4 is 23.0 Å². The molecule has 7 heteroatoms. The molecule has 2 aromatic heterocycles. The molecule has 3 aromatic rings. The Hall–Kier alpha value is -3.22. The van der Waals surface area contributed by atoms with Gasteiger partial charge in [-0.25, -0.2) is 9.97 Å². The lowest BCUT2D eigenvalue weighted by atomic mass is 9.96. The van der Waals surface area contributed by atoms with Crippen LogP contribution in [0.5, 0.6) is 0 Å². The maximum atomic E-state index is 13.1. The normalized spacial score (nSPS) is 21.2. The minimum absolute atomic E-state index is 0.0547. The van der Waals surface area contributed by atoms with Gasteiger partial charge in [0.1, 0.15) is 5.52 Å². The SMILES string of the molecule is O=C1N[C@H]2CC[C@@H]1CN(C(=O)c1cnc3c(c1)ncn3CCc1ccccc1)C2. The van der Waals surface area contributed by atoms with Gasteiger partial charge in [-0.05, 0) is 30.9 Å². The first-order valence-electron chi connectivity index (χ1n) is 10.1. The number of carbonyl (C=O) groups excluding carboxylic acids is 2. The second-order valence-electron chi connectivity index (χ2n) is 7.93. The van der Waals surface area contributed by atoms with Gasteiger partial charge in [-0.3, -0.25) is 9.59 Å². The summed E-state index contributed by atoms with van der Waals surface area (Å²) >= 11 is 0. The van der Waals surface area contributed by atoms with E-state index < -0.39 is 0 Å². The van der Waals surface area contributed by atoms with E-state index in [1.54, 1.807) is 17.4 Å². The van der Waals surface area contributed by atoms with E-state index in [1.165, 1.54) is 5.56 Å². The first kappa shape index (κ1) is 17.8. The number of hydrogen-bond donors (Lipinski definition) is 1. The van der Waals surface area contributed by atoms with Crippen LogP contribution in [0.4, 0.5) is 0 Å². The summed E-state index contributed by atoms with van der Waals surface area (Å²) in [5.74, 6) is -0.111. The van der Waals surface area contributed by atoms with Crippen LogP contribution in [0.25, 0.3) is 11.2 Å². The molecule has 1 N–H and O–H groups in total. The number of nitrogens with one attached hydrogen (secondary N) is 1. The largest absolute Gasteiger partial charge is 0.351 e. The van der Waals surface area contributed by atoms with Crippen molar-refractivity contribution in [2.24, 2.45) is 5.92 Å². The van der Waals surface area contributed by atoms with Gasteiger partial charge in [0.2, 0.25) is 5.91 Å². The molecular weight excluding hydrogens is 366 g/mol. The van der Waals surface area contributed by atoms with Gasteiger partial charge in [-0.15, -0.1) is 0 Å². The van der Waals surface area contributed by atoms with Gasteiger partial charge in [0.25, 0.3) is 5.91 Å². The highest BCUT2D eigenvalue weighted by Gasteiger charge is 2.36. The summed E-state index contributed by atoms with van der Waals surface area (Å²) in [4.78, 5) is 35.9. The van der Waals surface area contributed by atoms with Gasteiger partial charge in [0.15, 0.2) is 5.65 Å². The number of hydrogen-bond acceptors (Lipinski definition) is 4. The summed E-state index contributed by atoms with van der Waals surface area (Å²) in [5.41, 5.74) is 3.29. The molecule has 7 nitrogen and oxygen atoms in total. The van der Waals surface area contributed by atoms with Crippen molar-refractivity contribution in [3.8, 4) is 0 Å². The maximum absolute atomic E-state index is 13.1. The smallest absolute Gasteiger partial charge is 0.255 e. The maximum Gasteiger partial charge on any atom is 0.255 e. The predicted octanol–water partition coefficient (Wildman–Crippen LogP) is 2.02. The molecule has 1 aromatic carbocycles. The van der Waals surface area contributed by atoms with Crippen molar-refractivity contribution in [1.29, 1.82) is 0 Å². The predicted molar refractivity (Wildman–Crippen MR) is 108 cm³/mol. The third-order valence-electron chi connectivity index (χ3n) is 5.94. The minimum Gasteiger partial charge on any atom is -0.351 e. The molecular formula is C22H23N5O2. The number of pyridine rings is 1. The summed E-state index contributed by atoms with van der Waals surface area (Å²) in [6, 6.07) is 12.2. The van der Waals surface area contributed by atoms with Gasteiger partial charge in [0.05, 0.1) is 17.8 Å². The number of amides is 2. The fourth-order valence-corrected chi connectivity index (χ4v) is 4.31. The van der Waals surface area contributed by atoms with E-state index in [9.17, 15) is 9.59 Å². The van der Waals surface area contributed by atoms with E-state index in [1.807, 2.05) is 28.8 Å². The highest BCUT2D eigenvalue weighted by Crippen LogP contribution is 2.24. The molecule has 3 fully saturated rings. The number of piperidine rings is 1. The molecule has 0 aliphatic carbocycles. The molecule has 0 unspecified atom stereocenters. The van der Waals surface area contributed by atoms with Gasteiger partial charge in [0, 0.05) is 31.9 Å². The molecule has 2 atom stereocenters. The quantitative estimate of drug-likeness (QED) is 0.740. The van der Waals surface area contributed by atoms with E-state index in [2.05, 4.69) is 27.4 Å². The second-order valence-corrected chi connectivity index (χ2v) is 7.93. The Morgan fingerprint density at radius 2 is 2.00 bits per heavy atom. The molecule has 3 aliphatic heterocycles. The summed E-state index contributed by atoms with van der Waals surface area (Å²) in [6.07, 6.45) is 6.09. The number of fused-ring (bicyclic) bond motifs is 5. The van der Waals surface area contributed by atoms with Gasteiger partial charge < -0.3 is 14.8 Å². The average Bonchev–Trinajstić information content (AvgIpc) is 2.93. The molecule has 0 saturated carbocycles. The molecule has 3 aliphatic rings. The second kappa shape index (κ2) is 7.31. The van der Waals surface area contributed by atoms with Crippen LogP contribution in [0.15, 0.2) is 48.9 Å². The number of imidazole rings is 1. The Morgan fingerprint density at radius 1 is 1.14 bits per heavy atom. The average molecular weight is 389 g/mol. The van der Waals surface area contributed by atoms with Gasteiger partial charge in [-0.2, -0.15) is 0 Å². The molecule has 0 spiro atoms. The van der Waals surface area contributed by atoms with Crippen molar-refractivity contribution in [2.45, 2.75) is 31.8 Å².